The highest BCUT2D eigenvalue weighted by atomic mass is 16.5. The number of amides is 1. The molecule has 1 saturated carbocycles. The molecule has 5 nitrogen and oxygen atoms in total. The smallest absolute Gasteiger partial charge is 0.251 e. The van der Waals surface area contributed by atoms with E-state index < -0.39 is 0 Å². The number of hydrogen-bond acceptors (Lipinski definition) is 4. The van der Waals surface area contributed by atoms with Crippen LogP contribution in [0.3, 0.4) is 0 Å². The van der Waals surface area contributed by atoms with Crippen molar-refractivity contribution in [1.29, 1.82) is 0 Å². The lowest BCUT2D eigenvalue weighted by Crippen LogP contribution is -2.59. The van der Waals surface area contributed by atoms with Crippen LogP contribution < -0.4 is 5.32 Å². The van der Waals surface area contributed by atoms with E-state index in [1.54, 1.807) is 7.11 Å². The maximum absolute atomic E-state index is 12.7. The number of rotatable bonds is 7. The van der Waals surface area contributed by atoms with Crippen molar-refractivity contribution in [3.05, 3.63) is 34.9 Å². The Morgan fingerprint density at radius 2 is 2.14 bits per heavy atom. The summed E-state index contributed by atoms with van der Waals surface area (Å²) in [6.07, 6.45) is 7.66. The first-order chi connectivity index (χ1) is 13.7. The van der Waals surface area contributed by atoms with Gasteiger partial charge < -0.3 is 19.7 Å². The number of ether oxygens (including phenoxy) is 2. The fourth-order valence-corrected chi connectivity index (χ4v) is 5.92. The van der Waals surface area contributed by atoms with Crippen molar-refractivity contribution < 1.29 is 14.3 Å². The van der Waals surface area contributed by atoms with Crippen LogP contribution in [-0.4, -0.2) is 63.9 Å². The Labute approximate surface area is 168 Å². The molecule has 1 N–H and O–H groups in total. The molecule has 0 unspecified atom stereocenters. The summed E-state index contributed by atoms with van der Waals surface area (Å²) in [5, 5.41) is 3.00. The van der Waals surface area contributed by atoms with E-state index in [9.17, 15) is 4.79 Å². The lowest BCUT2D eigenvalue weighted by Gasteiger charge is -2.58. The van der Waals surface area contributed by atoms with Crippen molar-refractivity contribution in [3.63, 3.8) is 0 Å². The van der Waals surface area contributed by atoms with Crippen molar-refractivity contribution in [2.24, 2.45) is 5.92 Å². The number of benzene rings is 1. The molecule has 0 radical (unpaired) electrons. The minimum atomic E-state index is 0.0111. The van der Waals surface area contributed by atoms with Crippen LogP contribution in [0.15, 0.2) is 18.2 Å². The third-order valence-electron chi connectivity index (χ3n) is 7.34. The molecule has 0 aromatic heterocycles. The van der Waals surface area contributed by atoms with Crippen LogP contribution in [0.25, 0.3) is 0 Å². The lowest BCUT2D eigenvalue weighted by molar-refractivity contribution is 0.00282. The molecule has 1 aromatic rings. The molecule has 1 saturated heterocycles. The predicted molar refractivity (Wildman–Crippen MR) is 110 cm³/mol. The second-order valence-electron chi connectivity index (χ2n) is 8.74. The summed E-state index contributed by atoms with van der Waals surface area (Å²) < 4.78 is 10.4. The molecule has 2 aliphatic carbocycles. The van der Waals surface area contributed by atoms with E-state index in [4.69, 9.17) is 9.47 Å². The Bertz CT molecular complexity index is 707. The number of piperidine rings is 1. The van der Waals surface area contributed by atoms with Crippen molar-refractivity contribution in [3.8, 4) is 0 Å². The number of hydrogen-bond donors (Lipinski definition) is 1. The van der Waals surface area contributed by atoms with Gasteiger partial charge in [0.25, 0.3) is 5.91 Å². The van der Waals surface area contributed by atoms with Gasteiger partial charge in [0.05, 0.1) is 19.8 Å². The van der Waals surface area contributed by atoms with E-state index in [1.165, 1.54) is 49.8 Å². The molecular weight excluding hydrogens is 352 g/mol. The maximum atomic E-state index is 12.7. The SMILES string of the molecule is COCCOCCNC(=O)c1ccc2c(c1)[C@@]13CCCC[C@H]1[C@@H](C2)N(C)CC3. The van der Waals surface area contributed by atoms with Crippen molar-refractivity contribution in [2.45, 2.75) is 50.0 Å². The topological polar surface area (TPSA) is 50.8 Å². The van der Waals surface area contributed by atoms with Gasteiger partial charge in [-0.3, -0.25) is 4.79 Å². The van der Waals surface area contributed by atoms with Gasteiger partial charge in [-0.2, -0.15) is 0 Å². The van der Waals surface area contributed by atoms with Crippen LogP contribution in [0, 0.1) is 5.92 Å². The molecule has 154 valence electrons. The number of carbonyl (C=O) groups excluding carboxylic acids is 1. The van der Waals surface area contributed by atoms with Gasteiger partial charge in [0.2, 0.25) is 0 Å². The molecular formula is C23H34N2O3. The predicted octanol–water partition coefficient (Wildman–Crippen LogP) is 2.77. The van der Waals surface area contributed by atoms with Crippen LogP contribution in [0.5, 0.6) is 0 Å². The van der Waals surface area contributed by atoms with E-state index in [0.717, 1.165) is 17.9 Å². The molecule has 1 heterocycles. The summed E-state index contributed by atoms with van der Waals surface area (Å²) in [4.78, 5) is 15.3. The zero-order valence-electron chi connectivity index (χ0n) is 17.3. The lowest BCUT2D eigenvalue weighted by atomic mass is 9.52. The summed E-state index contributed by atoms with van der Waals surface area (Å²) in [5.74, 6) is 0.761. The van der Waals surface area contributed by atoms with Gasteiger partial charge in [-0.25, -0.2) is 0 Å². The molecule has 1 aromatic carbocycles. The van der Waals surface area contributed by atoms with Crippen molar-refractivity contribution >= 4 is 5.91 Å². The van der Waals surface area contributed by atoms with E-state index in [2.05, 4.69) is 29.4 Å². The van der Waals surface area contributed by atoms with Gasteiger partial charge in [0.15, 0.2) is 0 Å². The Hall–Kier alpha value is -1.43. The molecule has 4 rings (SSSR count). The van der Waals surface area contributed by atoms with Crippen LogP contribution in [0.1, 0.15) is 53.6 Å². The quantitative estimate of drug-likeness (QED) is 0.732. The third kappa shape index (κ3) is 3.60. The first-order valence-corrected chi connectivity index (χ1v) is 10.8. The summed E-state index contributed by atoms with van der Waals surface area (Å²) in [6, 6.07) is 7.12. The van der Waals surface area contributed by atoms with Crippen molar-refractivity contribution in [2.75, 3.05) is 47.1 Å². The molecule has 1 amide bonds. The zero-order valence-corrected chi connectivity index (χ0v) is 17.3. The highest BCUT2D eigenvalue weighted by Gasteiger charge is 2.53. The minimum absolute atomic E-state index is 0.0111. The Balaban J connectivity index is 1.49. The van der Waals surface area contributed by atoms with Crippen LogP contribution in [-0.2, 0) is 21.3 Å². The summed E-state index contributed by atoms with van der Waals surface area (Å²) >= 11 is 0. The minimum Gasteiger partial charge on any atom is -0.382 e. The second kappa shape index (κ2) is 8.52. The maximum Gasteiger partial charge on any atom is 0.251 e. The molecule has 5 heteroatoms. The summed E-state index contributed by atoms with van der Waals surface area (Å²) in [7, 11) is 3.95. The molecule has 28 heavy (non-hydrogen) atoms. The average molecular weight is 387 g/mol. The normalized spacial score (nSPS) is 29.1. The fourth-order valence-electron chi connectivity index (χ4n) is 5.92. The molecule has 3 aliphatic rings. The first kappa shape index (κ1) is 19.9. The first-order valence-electron chi connectivity index (χ1n) is 10.8. The molecule has 2 bridgehead atoms. The second-order valence-corrected chi connectivity index (χ2v) is 8.74. The monoisotopic (exact) mass is 386 g/mol. The van der Waals surface area contributed by atoms with E-state index in [0.29, 0.717) is 37.8 Å². The number of nitrogens with one attached hydrogen (secondary N) is 1. The van der Waals surface area contributed by atoms with E-state index in [1.807, 2.05) is 6.07 Å². The summed E-state index contributed by atoms with van der Waals surface area (Å²) in [5.41, 5.74) is 4.04. The number of fused-ring (bicyclic) bond motifs is 1. The summed E-state index contributed by atoms with van der Waals surface area (Å²) in [6.45, 7) is 3.36. The highest BCUT2D eigenvalue weighted by Crippen LogP contribution is 2.55. The van der Waals surface area contributed by atoms with Crippen LogP contribution in [0.4, 0.5) is 0 Å². The van der Waals surface area contributed by atoms with Crippen LogP contribution in [0.2, 0.25) is 0 Å². The average Bonchev–Trinajstić information content (AvgIpc) is 2.73. The zero-order chi connectivity index (χ0) is 19.6. The van der Waals surface area contributed by atoms with Gasteiger partial charge in [-0.1, -0.05) is 18.9 Å². The standard InChI is InChI=1S/C23H34N2O3/c1-25-11-9-23-8-4-3-5-19(23)21(25)16-17-6-7-18(15-20(17)23)22(26)24-10-12-28-14-13-27-2/h6-7,15,19,21H,3-5,8-14,16H2,1-2H3,(H,24,26)/t19-,21+,23+/m0/s1. The fraction of sp³-hybridized carbons (Fsp3) is 0.696. The van der Waals surface area contributed by atoms with Gasteiger partial charge in [-0.05, 0) is 68.5 Å². The van der Waals surface area contributed by atoms with E-state index >= 15 is 0 Å². The Morgan fingerprint density at radius 3 is 3.00 bits per heavy atom. The van der Waals surface area contributed by atoms with Gasteiger partial charge >= 0.3 is 0 Å². The number of nitrogens with zero attached hydrogens (tertiary/aromatic N) is 1. The van der Waals surface area contributed by atoms with E-state index in [-0.39, 0.29) is 5.91 Å². The van der Waals surface area contributed by atoms with Crippen molar-refractivity contribution in [1.82, 2.24) is 10.2 Å². The van der Waals surface area contributed by atoms with Gasteiger partial charge in [0, 0.05) is 30.7 Å². The molecule has 3 atom stereocenters. The molecule has 2 fully saturated rings. The highest BCUT2D eigenvalue weighted by molar-refractivity contribution is 5.94. The number of carbonyl (C=O) groups is 1. The number of likely N-dealkylation sites (tertiary alicyclic amines) is 1. The molecule has 1 aliphatic heterocycles. The number of likely N-dealkylation sites (N-methyl/N-ethyl adjacent to an activating group) is 1. The van der Waals surface area contributed by atoms with Gasteiger partial charge in [-0.15, -0.1) is 0 Å². The Morgan fingerprint density at radius 1 is 1.25 bits per heavy atom. The van der Waals surface area contributed by atoms with Gasteiger partial charge in [0.1, 0.15) is 0 Å². The Kier molecular flexibility index (Phi) is 6.04. The molecule has 0 spiro atoms. The largest absolute Gasteiger partial charge is 0.382 e. The van der Waals surface area contributed by atoms with Crippen LogP contribution >= 0.6 is 0 Å². The number of methoxy groups -OCH3 is 1. The third-order valence-corrected chi connectivity index (χ3v) is 7.34.